The van der Waals surface area contributed by atoms with Gasteiger partial charge >= 0.3 is 5.97 Å². The van der Waals surface area contributed by atoms with Crippen molar-refractivity contribution < 1.29 is 14.6 Å². The van der Waals surface area contributed by atoms with Crippen molar-refractivity contribution in [3.05, 3.63) is 23.8 Å². The highest BCUT2D eigenvalue weighted by Gasteiger charge is 2.30. The van der Waals surface area contributed by atoms with Gasteiger partial charge in [0.1, 0.15) is 17.4 Å². The number of carbonyl (C=O) groups is 1. The van der Waals surface area contributed by atoms with E-state index in [2.05, 4.69) is 4.90 Å². The summed E-state index contributed by atoms with van der Waals surface area (Å²) in [7, 11) is 4.00. The molecule has 1 fully saturated rings. The molecule has 5 nitrogen and oxygen atoms in total. The van der Waals surface area contributed by atoms with Crippen LogP contribution in [0.25, 0.3) is 0 Å². The molecule has 2 atom stereocenters. The topological polar surface area (TPSA) is 75.8 Å². The van der Waals surface area contributed by atoms with Gasteiger partial charge in [0.25, 0.3) is 0 Å². The molecule has 6 heteroatoms. The van der Waals surface area contributed by atoms with Crippen LogP contribution in [0.1, 0.15) is 36.0 Å². The fraction of sp³-hybridized carbons (Fsp3) is 0.533. The average Bonchev–Trinajstić information content (AvgIpc) is 2.38. The maximum absolute atomic E-state index is 12.2. The van der Waals surface area contributed by atoms with Gasteiger partial charge in [-0.15, -0.1) is 12.4 Å². The summed E-state index contributed by atoms with van der Waals surface area (Å²) >= 11 is 0. The van der Waals surface area contributed by atoms with Crippen LogP contribution in [0, 0.1) is 0 Å². The van der Waals surface area contributed by atoms with Gasteiger partial charge in [0.05, 0.1) is 0 Å². The minimum Gasteiger partial charge on any atom is -0.507 e. The van der Waals surface area contributed by atoms with E-state index in [1.54, 1.807) is 6.07 Å². The van der Waals surface area contributed by atoms with Gasteiger partial charge in [0.2, 0.25) is 0 Å². The number of carbonyl (C=O) groups excluding carboxylic acids is 1. The molecule has 0 bridgehead atoms. The molecule has 21 heavy (non-hydrogen) atoms. The van der Waals surface area contributed by atoms with Crippen LogP contribution in [0.5, 0.6) is 5.75 Å². The van der Waals surface area contributed by atoms with E-state index in [9.17, 15) is 9.90 Å². The summed E-state index contributed by atoms with van der Waals surface area (Å²) in [5, 5.41) is 9.78. The van der Waals surface area contributed by atoms with Crippen LogP contribution in [0.4, 0.5) is 5.69 Å². The van der Waals surface area contributed by atoms with Crippen LogP contribution in [-0.4, -0.2) is 42.2 Å². The summed E-state index contributed by atoms with van der Waals surface area (Å²) in [6.45, 7) is 0. The van der Waals surface area contributed by atoms with Crippen LogP contribution in [0.15, 0.2) is 18.2 Å². The van der Waals surface area contributed by atoms with E-state index < -0.39 is 5.97 Å². The van der Waals surface area contributed by atoms with E-state index in [0.29, 0.717) is 5.69 Å². The summed E-state index contributed by atoms with van der Waals surface area (Å²) in [6.07, 6.45) is 3.99. The number of nitrogen functional groups attached to an aromatic ring is 1. The van der Waals surface area contributed by atoms with Crippen molar-refractivity contribution in [2.45, 2.75) is 37.8 Å². The van der Waals surface area contributed by atoms with Gasteiger partial charge in [-0.3, -0.25) is 0 Å². The second-order valence-electron chi connectivity index (χ2n) is 5.54. The van der Waals surface area contributed by atoms with Crippen molar-refractivity contribution in [2.24, 2.45) is 0 Å². The SMILES string of the molecule is CN(C)C1CCCCC1OC(=O)c1ccc(N)cc1O.Cl. The Morgan fingerprint density at radius 3 is 2.62 bits per heavy atom. The Morgan fingerprint density at radius 2 is 2.00 bits per heavy atom. The lowest BCUT2D eigenvalue weighted by Crippen LogP contribution is -2.43. The number of anilines is 1. The molecule has 0 amide bonds. The minimum absolute atomic E-state index is 0. The maximum Gasteiger partial charge on any atom is 0.342 e. The molecule has 2 rings (SSSR count). The number of esters is 1. The van der Waals surface area contributed by atoms with Crippen LogP contribution in [0.3, 0.4) is 0 Å². The van der Waals surface area contributed by atoms with Gasteiger partial charge in [-0.2, -0.15) is 0 Å². The number of phenolic OH excluding ortho intramolecular Hbond substituents is 1. The Morgan fingerprint density at radius 1 is 1.33 bits per heavy atom. The van der Waals surface area contributed by atoms with E-state index in [-0.39, 0.29) is 35.9 Å². The maximum atomic E-state index is 12.2. The largest absolute Gasteiger partial charge is 0.507 e. The molecule has 0 aliphatic heterocycles. The van der Waals surface area contributed by atoms with Crippen molar-refractivity contribution in [3.8, 4) is 5.75 Å². The van der Waals surface area contributed by atoms with Gasteiger partial charge in [-0.1, -0.05) is 6.42 Å². The Kier molecular flexibility index (Phi) is 6.30. The Bertz CT molecular complexity index is 494. The number of rotatable bonds is 3. The molecular formula is C15H23ClN2O3. The monoisotopic (exact) mass is 314 g/mol. The van der Waals surface area contributed by atoms with Gasteiger partial charge in [-0.25, -0.2) is 4.79 Å². The lowest BCUT2D eigenvalue weighted by Gasteiger charge is -2.35. The molecule has 1 aliphatic rings. The molecule has 3 N–H and O–H groups in total. The zero-order valence-electron chi connectivity index (χ0n) is 12.4. The summed E-state index contributed by atoms with van der Waals surface area (Å²) in [5.41, 5.74) is 6.14. The number of likely N-dealkylation sites (N-methyl/N-ethyl adjacent to an activating group) is 1. The highest BCUT2D eigenvalue weighted by molar-refractivity contribution is 5.93. The van der Waals surface area contributed by atoms with Crippen molar-refractivity contribution in [2.75, 3.05) is 19.8 Å². The van der Waals surface area contributed by atoms with Crippen molar-refractivity contribution >= 4 is 24.1 Å². The van der Waals surface area contributed by atoms with Crippen LogP contribution in [0.2, 0.25) is 0 Å². The van der Waals surface area contributed by atoms with E-state index >= 15 is 0 Å². The smallest absolute Gasteiger partial charge is 0.342 e. The molecule has 2 unspecified atom stereocenters. The van der Waals surface area contributed by atoms with Crippen molar-refractivity contribution in [1.82, 2.24) is 4.90 Å². The number of hydrogen-bond donors (Lipinski definition) is 2. The predicted molar refractivity (Wildman–Crippen MR) is 84.9 cm³/mol. The molecule has 118 valence electrons. The van der Waals surface area contributed by atoms with Gasteiger partial charge < -0.3 is 20.5 Å². The van der Waals surface area contributed by atoms with Gasteiger partial charge in [0, 0.05) is 17.8 Å². The first kappa shape index (κ1) is 17.6. The molecule has 0 heterocycles. The molecule has 0 aromatic heterocycles. The van der Waals surface area contributed by atoms with Crippen LogP contribution < -0.4 is 5.73 Å². The quantitative estimate of drug-likeness (QED) is 0.662. The van der Waals surface area contributed by atoms with Crippen molar-refractivity contribution in [1.29, 1.82) is 0 Å². The standard InChI is InChI=1S/C15H22N2O3.ClH/c1-17(2)12-5-3-4-6-14(12)20-15(19)11-8-7-10(16)9-13(11)18;/h7-9,12,14,18H,3-6,16H2,1-2H3;1H. The molecule has 1 aliphatic carbocycles. The Balaban J connectivity index is 0.00000220. The highest BCUT2D eigenvalue weighted by atomic mass is 35.5. The highest BCUT2D eigenvalue weighted by Crippen LogP contribution is 2.27. The third-order valence-electron chi connectivity index (χ3n) is 3.83. The van der Waals surface area contributed by atoms with E-state index in [1.807, 2.05) is 14.1 Å². The molecule has 0 radical (unpaired) electrons. The molecule has 1 saturated carbocycles. The van der Waals surface area contributed by atoms with Crippen LogP contribution >= 0.6 is 12.4 Å². The number of phenols is 1. The predicted octanol–water partition coefficient (Wildman–Crippen LogP) is 2.43. The third-order valence-corrected chi connectivity index (χ3v) is 3.83. The number of nitrogens with zero attached hydrogens (tertiary/aromatic N) is 1. The molecule has 0 spiro atoms. The summed E-state index contributed by atoms with van der Waals surface area (Å²) in [5.74, 6) is -0.617. The second kappa shape index (κ2) is 7.52. The van der Waals surface area contributed by atoms with Crippen LogP contribution in [-0.2, 0) is 4.74 Å². The number of aromatic hydroxyl groups is 1. The second-order valence-corrected chi connectivity index (χ2v) is 5.54. The summed E-state index contributed by atoms with van der Waals surface area (Å²) < 4.78 is 5.59. The first-order chi connectivity index (χ1) is 9.49. The van der Waals surface area contributed by atoms with E-state index in [1.165, 1.54) is 12.1 Å². The van der Waals surface area contributed by atoms with E-state index in [0.717, 1.165) is 25.7 Å². The number of benzene rings is 1. The molecule has 0 saturated heterocycles. The number of halogens is 1. The third kappa shape index (κ3) is 4.25. The fourth-order valence-electron chi connectivity index (χ4n) is 2.73. The zero-order chi connectivity index (χ0) is 14.7. The lowest BCUT2D eigenvalue weighted by molar-refractivity contribution is -0.00738. The van der Waals surface area contributed by atoms with E-state index in [4.69, 9.17) is 10.5 Å². The minimum atomic E-state index is -0.485. The van der Waals surface area contributed by atoms with Gasteiger partial charge in [0.15, 0.2) is 0 Å². The molecule has 1 aromatic rings. The fourth-order valence-corrected chi connectivity index (χ4v) is 2.73. The summed E-state index contributed by atoms with van der Waals surface area (Å²) in [6, 6.07) is 4.69. The molecular weight excluding hydrogens is 292 g/mol. The molecule has 1 aromatic carbocycles. The Labute approximate surface area is 131 Å². The lowest BCUT2D eigenvalue weighted by atomic mass is 9.91. The number of ether oxygens (including phenoxy) is 1. The first-order valence-electron chi connectivity index (χ1n) is 6.95. The summed E-state index contributed by atoms with van der Waals surface area (Å²) in [4.78, 5) is 14.3. The van der Waals surface area contributed by atoms with Crippen molar-refractivity contribution in [3.63, 3.8) is 0 Å². The first-order valence-corrected chi connectivity index (χ1v) is 6.95. The number of hydrogen-bond acceptors (Lipinski definition) is 5. The average molecular weight is 315 g/mol. The normalized spacial score (nSPS) is 21.7. The zero-order valence-corrected chi connectivity index (χ0v) is 13.2. The number of nitrogens with two attached hydrogens (primary N) is 1. The van der Waals surface area contributed by atoms with Gasteiger partial charge in [-0.05, 0) is 45.5 Å². The Hall–Kier alpha value is -1.46.